The highest BCUT2D eigenvalue weighted by Crippen LogP contribution is 2.47. The zero-order chi connectivity index (χ0) is 28.5. The minimum Gasteiger partial charge on any atom is -0.490 e. The van der Waals surface area contributed by atoms with Gasteiger partial charge in [-0.15, -0.1) is 22.7 Å². The molecule has 5 heterocycles. The Hall–Kier alpha value is -4.19. The lowest BCUT2D eigenvalue weighted by molar-refractivity contribution is -0.126. The maximum atomic E-state index is 14.5. The van der Waals surface area contributed by atoms with E-state index in [1.165, 1.54) is 29.5 Å². The third-order valence-electron chi connectivity index (χ3n) is 6.85. The number of methoxy groups -OCH3 is 1. The second kappa shape index (κ2) is 11.4. The Bertz CT molecular complexity index is 1770. The normalized spacial score (nSPS) is 12.9. The second-order valence-electron chi connectivity index (χ2n) is 9.40. The highest BCUT2D eigenvalue weighted by molar-refractivity contribution is 7.18. The summed E-state index contributed by atoms with van der Waals surface area (Å²) in [5, 5.41) is 3.65. The number of nitrogens with two attached hydrogens (primary N) is 1. The first-order valence-corrected chi connectivity index (χ1v) is 14.6. The number of nitrogen functional groups attached to an aromatic ring is 1. The molecule has 0 radical (unpaired) electrons. The number of carbonyl (C=O) groups is 1. The summed E-state index contributed by atoms with van der Waals surface area (Å²) >= 11 is 3.08. The summed E-state index contributed by atoms with van der Waals surface area (Å²) in [6.07, 6.45) is 3.68. The molecule has 1 amide bonds. The van der Waals surface area contributed by atoms with E-state index >= 15 is 0 Å². The number of pyridine rings is 2. The van der Waals surface area contributed by atoms with E-state index in [0.29, 0.717) is 53.9 Å². The summed E-state index contributed by atoms with van der Waals surface area (Å²) in [5.41, 5.74) is 10.5. The summed E-state index contributed by atoms with van der Waals surface area (Å²) in [4.78, 5) is 29.6. The highest BCUT2D eigenvalue weighted by Gasteiger charge is 2.28. The number of rotatable bonds is 8. The number of benzene rings is 1. The topological polar surface area (TPSA) is 103 Å². The van der Waals surface area contributed by atoms with Crippen molar-refractivity contribution in [3.05, 3.63) is 77.0 Å². The van der Waals surface area contributed by atoms with Crippen LogP contribution >= 0.6 is 22.7 Å². The first kappa shape index (κ1) is 27.0. The fourth-order valence-corrected chi connectivity index (χ4v) is 6.94. The number of hydrogen-bond acceptors (Lipinski definition) is 9. The number of aromatic nitrogens is 3. The van der Waals surface area contributed by atoms with Gasteiger partial charge in [-0.25, -0.2) is 19.3 Å². The number of amides is 1. The lowest BCUT2D eigenvalue weighted by Gasteiger charge is -2.24. The van der Waals surface area contributed by atoms with E-state index in [9.17, 15) is 9.18 Å². The van der Waals surface area contributed by atoms with Gasteiger partial charge in [0.25, 0.3) is 0 Å². The fourth-order valence-electron chi connectivity index (χ4n) is 4.87. The Kier molecular flexibility index (Phi) is 7.48. The Morgan fingerprint density at radius 1 is 1.20 bits per heavy atom. The van der Waals surface area contributed by atoms with Crippen molar-refractivity contribution in [1.29, 1.82) is 0 Å². The predicted octanol–water partition coefficient (Wildman–Crippen LogP) is 5.97. The van der Waals surface area contributed by atoms with Crippen LogP contribution in [0.5, 0.6) is 5.75 Å². The van der Waals surface area contributed by atoms with Crippen LogP contribution in [0.4, 0.5) is 10.2 Å². The molecule has 0 spiro atoms. The molecule has 1 aliphatic heterocycles. The van der Waals surface area contributed by atoms with Gasteiger partial charge in [0.2, 0.25) is 5.91 Å². The first-order chi connectivity index (χ1) is 20.0. The van der Waals surface area contributed by atoms with E-state index in [2.05, 4.69) is 11.6 Å². The van der Waals surface area contributed by atoms with E-state index in [1.54, 1.807) is 41.7 Å². The van der Waals surface area contributed by atoms with Gasteiger partial charge in [-0.2, -0.15) is 0 Å². The van der Waals surface area contributed by atoms with E-state index < -0.39 is 5.82 Å². The van der Waals surface area contributed by atoms with Gasteiger partial charge in [-0.05, 0) is 41.8 Å². The number of thiophene rings is 1. The van der Waals surface area contributed by atoms with Crippen LogP contribution in [-0.4, -0.2) is 52.6 Å². The maximum Gasteiger partial charge on any atom is 0.246 e. The van der Waals surface area contributed by atoms with Gasteiger partial charge in [0, 0.05) is 64.0 Å². The first-order valence-electron chi connectivity index (χ1n) is 12.9. The molecule has 1 aromatic carbocycles. The van der Waals surface area contributed by atoms with Crippen LogP contribution in [0.15, 0.2) is 60.6 Å². The van der Waals surface area contributed by atoms with E-state index in [-0.39, 0.29) is 12.5 Å². The van der Waals surface area contributed by atoms with Crippen LogP contribution in [-0.2, 0) is 22.5 Å². The molecule has 0 fully saturated rings. The average molecular weight is 588 g/mol. The number of anilines is 1. The van der Waals surface area contributed by atoms with Gasteiger partial charge >= 0.3 is 0 Å². The molecule has 6 rings (SSSR count). The van der Waals surface area contributed by atoms with Gasteiger partial charge in [0.1, 0.15) is 34.7 Å². The molecule has 11 heteroatoms. The summed E-state index contributed by atoms with van der Waals surface area (Å²) in [5.74, 6) is 0.305. The summed E-state index contributed by atoms with van der Waals surface area (Å²) in [7, 11) is 1.59. The number of carbonyl (C=O) groups excluding carboxylic acids is 1. The molecule has 5 aromatic rings. The quantitative estimate of drug-likeness (QED) is 0.176. The molecule has 0 atom stereocenters. The average Bonchev–Trinajstić information content (AvgIpc) is 3.64. The second-order valence-corrected chi connectivity index (χ2v) is 11.4. The molecule has 0 saturated heterocycles. The van der Waals surface area contributed by atoms with Crippen molar-refractivity contribution in [3.63, 3.8) is 0 Å². The molecule has 41 heavy (non-hydrogen) atoms. The number of halogens is 1. The van der Waals surface area contributed by atoms with Crippen LogP contribution in [0.2, 0.25) is 0 Å². The third-order valence-corrected chi connectivity index (χ3v) is 8.87. The van der Waals surface area contributed by atoms with Gasteiger partial charge in [0.15, 0.2) is 0 Å². The Morgan fingerprint density at radius 2 is 2.07 bits per heavy atom. The minimum atomic E-state index is -0.403. The Labute approximate surface area is 243 Å². The number of hydrogen-bond donors (Lipinski definition) is 1. The van der Waals surface area contributed by atoms with Crippen molar-refractivity contribution in [2.75, 3.05) is 32.6 Å². The molecule has 4 aromatic heterocycles. The van der Waals surface area contributed by atoms with Gasteiger partial charge in [-0.1, -0.05) is 6.58 Å². The Balaban J connectivity index is 1.58. The predicted molar refractivity (Wildman–Crippen MR) is 160 cm³/mol. The summed E-state index contributed by atoms with van der Waals surface area (Å²) < 4.78 is 26.6. The van der Waals surface area contributed by atoms with Crippen LogP contribution in [0, 0.1) is 5.82 Å². The monoisotopic (exact) mass is 587 g/mol. The standard InChI is InChI=1S/C30H26FN5O3S2/c1-3-25(37)36-10-8-21-23(16-36)41-30(34-21)28-26(19-6-5-18(31)14-22(19)39-12-11-38-2)29-20(9-13-40-29)27(35-28)17-4-7-24(32)33-15-17/h3-7,9,13-15H,1,8,10-12,16H2,2H3,(H2,32,33). The molecular weight excluding hydrogens is 561 g/mol. The summed E-state index contributed by atoms with van der Waals surface area (Å²) in [6.45, 7) is 5.28. The lowest BCUT2D eigenvalue weighted by atomic mass is 9.98. The van der Waals surface area contributed by atoms with Crippen molar-refractivity contribution >= 4 is 44.5 Å². The summed E-state index contributed by atoms with van der Waals surface area (Å²) in [6, 6.07) is 10.2. The smallest absolute Gasteiger partial charge is 0.246 e. The van der Waals surface area contributed by atoms with Crippen molar-refractivity contribution in [1.82, 2.24) is 19.9 Å². The molecule has 0 saturated carbocycles. The largest absolute Gasteiger partial charge is 0.490 e. The fraction of sp³-hybridized carbons (Fsp3) is 0.200. The molecular formula is C30H26FN5O3S2. The molecule has 208 valence electrons. The van der Waals surface area contributed by atoms with Gasteiger partial charge < -0.3 is 20.1 Å². The number of thiazole rings is 1. The zero-order valence-corrected chi connectivity index (χ0v) is 23.9. The molecule has 8 nitrogen and oxygen atoms in total. The van der Waals surface area contributed by atoms with Crippen molar-refractivity contribution in [3.8, 4) is 38.8 Å². The Morgan fingerprint density at radius 3 is 2.85 bits per heavy atom. The van der Waals surface area contributed by atoms with Crippen LogP contribution in [0.1, 0.15) is 10.6 Å². The van der Waals surface area contributed by atoms with Crippen LogP contribution in [0.3, 0.4) is 0 Å². The van der Waals surface area contributed by atoms with Gasteiger partial charge in [-0.3, -0.25) is 4.79 Å². The SMILES string of the molecule is C=CC(=O)N1CCc2nc(-c3nc(-c4ccc(N)nc4)c4ccsc4c3-c3ccc(F)cc3OCCOC)sc2C1. The van der Waals surface area contributed by atoms with Gasteiger partial charge in [0.05, 0.1) is 24.5 Å². The molecule has 0 unspecified atom stereocenters. The molecule has 1 aliphatic rings. The number of nitrogens with zero attached hydrogens (tertiary/aromatic N) is 4. The van der Waals surface area contributed by atoms with Crippen LogP contribution in [0.25, 0.3) is 43.2 Å². The van der Waals surface area contributed by atoms with E-state index in [1.807, 2.05) is 17.5 Å². The van der Waals surface area contributed by atoms with E-state index in [0.717, 1.165) is 37.5 Å². The molecule has 2 N–H and O–H groups in total. The molecule has 0 bridgehead atoms. The van der Waals surface area contributed by atoms with E-state index in [4.69, 9.17) is 25.2 Å². The minimum absolute atomic E-state index is 0.105. The highest BCUT2D eigenvalue weighted by atomic mass is 32.1. The van der Waals surface area contributed by atoms with Crippen LogP contribution < -0.4 is 10.5 Å². The lowest BCUT2D eigenvalue weighted by Crippen LogP contribution is -2.34. The number of ether oxygens (including phenoxy) is 2. The van der Waals surface area contributed by atoms with Crippen molar-refractivity contribution in [2.24, 2.45) is 0 Å². The van der Waals surface area contributed by atoms with Crippen molar-refractivity contribution in [2.45, 2.75) is 13.0 Å². The number of fused-ring (bicyclic) bond motifs is 2. The van der Waals surface area contributed by atoms with Crippen molar-refractivity contribution < 1.29 is 18.7 Å². The third kappa shape index (κ3) is 5.19. The zero-order valence-electron chi connectivity index (χ0n) is 22.2. The maximum absolute atomic E-state index is 14.5. The molecule has 0 aliphatic carbocycles.